The molecule has 0 spiro atoms. The van der Waals surface area contributed by atoms with Crippen LogP contribution in [-0.4, -0.2) is 6.61 Å². The molecule has 0 aliphatic carbocycles. The molecule has 1 heteroatoms. The average molecular weight is 238 g/mol. The lowest BCUT2D eigenvalue weighted by molar-refractivity contribution is 0.309. The van der Waals surface area contributed by atoms with E-state index < -0.39 is 0 Å². The Morgan fingerprint density at radius 1 is 0.824 bits per heavy atom. The van der Waals surface area contributed by atoms with Crippen LogP contribution in [0.25, 0.3) is 0 Å². The van der Waals surface area contributed by atoms with Gasteiger partial charge in [0.1, 0.15) is 5.75 Å². The quantitative estimate of drug-likeness (QED) is 0.598. The number of hydrogen-bond donors (Lipinski definition) is 0. The molecule has 0 radical (unpaired) electrons. The molecule has 1 nitrogen and oxygen atoms in total. The van der Waals surface area contributed by atoms with Gasteiger partial charge in [-0.15, -0.1) is 0 Å². The first-order valence-corrected chi connectivity index (χ1v) is 7.02. The molecule has 0 N–H and O–H groups in total. The molecule has 0 aliphatic rings. The smallest absolute Gasteiger partial charge is 0.119 e. The van der Waals surface area contributed by atoms with Crippen molar-refractivity contribution in [2.75, 3.05) is 6.61 Å². The van der Waals surface area contributed by atoms with Crippen molar-refractivity contribution in [3.05, 3.63) is 30.3 Å². The topological polar surface area (TPSA) is 9.23 Å². The first-order valence-electron chi connectivity index (χ1n) is 7.02. The van der Waals surface area contributed by atoms with E-state index in [1.54, 1.807) is 0 Å². The van der Waals surface area contributed by atoms with Gasteiger partial charge in [0.2, 0.25) is 0 Å². The molecule has 0 fully saturated rings. The maximum Gasteiger partial charge on any atom is 0.119 e. The number of ether oxygens (including phenoxy) is 1. The molecule has 0 saturated carbocycles. The minimum atomic E-state index is 0.834. The van der Waals surface area contributed by atoms with Gasteiger partial charge in [-0.25, -0.2) is 0 Å². The molecule has 0 unspecified atom stereocenters. The second-order valence-electron chi connectivity index (χ2n) is 3.52. The summed E-state index contributed by atoms with van der Waals surface area (Å²) in [6.45, 7) is 11.4. The van der Waals surface area contributed by atoms with Crippen LogP contribution >= 0.6 is 0 Å². The molecule has 0 heterocycles. The normalized spacial score (nSPS) is 8.29. The van der Waals surface area contributed by atoms with Crippen molar-refractivity contribution >= 4 is 0 Å². The van der Waals surface area contributed by atoms with Crippen LogP contribution in [0, 0.1) is 0 Å². The molecule has 1 aromatic carbocycles. The van der Waals surface area contributed by atoms with Gasteiger partial charge in [0.05, 0.1) is 6.61 Å². The molecular weight excluding hydrogens is 208 g/mol. The highest BCUT2D eigenvalue weighted by Gasteiger charge is 1.88. The van der Waals surface area contributed by atoms with Crippen LogP contribution in [-0.2, 0) is 0 Å². The molecule has 0 amide bonds. The number of para-hydroxylation sites is 1. The summed E-state index contributed by atoms with van der Waals surface area (Å²) in [5, 5.41) is 0. The summed E-state index contributed by atoms with van der Waals surface area (Å²) in [5.41, 5.74) is 0. The van der Waals surface area contributed by atoms with Crippen LogP contribution in [0.3, 0.4) is 0 Å². The third-order valence-electron chi connectivity index (χ3n) is 2.01. The molecule has 0 aromatic heterocycles. The van der Waals surface area contributed by atoms with Gasteiger partial charge in [0.15, 0.2) is 0 Å². The summed E-state index contributed by atoms with van der Waals surface area (Å²) in [4.78, 5) is 0. The van der Waals surface area contributed by atoms with Crippen LogP contribution in [0.1, 0.15) is 60.3 Å². The highest BCUT2D eigenvalue weighted by Crippen LogP contribution is 2.08. The van der Waals surface area contributed by atoms with E-state index in [9.17, 15) is 0 Å². The van der Waals surface area contributed by atoms with Gasteiger partial charge in [-0.2, -0.15) is 0 Å². The molecule has 0 bridgehead atoms. The fourth-order valence-corrected chi connectivity index (χ4v) is 0.851. The summed E-state index contributed by atoms with van der Waals surface area (Å²) in [5.74, 6) is 0.973. The fourth-order valence-electron chi connectivity index (χ4n) is 0.851. The molecule has 17 heavy (non-hydrogen) atoms. The Bertz CT molecular complexity index is 204. The molecular formula is C16H30O. The van der Waals surface area contributed by atoms with Gasteiger partial charge in [0.25, 0.3) is 0 Å². The Morgan fingerprint density at radius 2 is 1.35 bits per heavy atom. The predicted octanol–water partition coefficient (Wildman–Crippen LogP) is 5.70. The molecule has 0 aliphatic heterocycles. The molecule has 1 aromatic rings. The van der Waals surface area contributed by atoms with Crippen LogP contribution in [0.15, 0.2) is 30.3 Å². The van der Waals surface area contributed by atoms with Gasteiger partial charge in [-0.1, -0.05) is 72.1 Å². The van der Waals surface area contributed by atoms with Crippen molar-refractivity contribution in [1.29, 1.82) is 0 Å². The molecule has 0 atom stereocenters. The van der Waals surface area contributed by atoms with Crippen LogP contribution in [0.5, 0.6) is 5.75 Å². The van der Waals surface area contributed by atoms with E-state index in [0.29, 0.717) is 0 Å². The van der Waals surface area contributed by atoms with E-state index in [2.05, 4.69) is 20.8 Å². The minimum Gasteiger partial charge on any atom is -0.494 e. The zero-order valence-corrected chi connectivity index (χ0v) is 12.3. The predicted molar refractivity (Wildman–Crippen MR) is 78.8 cm³/mol. The zero-order chi connectivity index (χ0) is 13.4. The first kappa shape index (κ1) is 18.4. The van der Waals surface area contributed by atoms with Crippen LogP contribution < -0.4 is 4.74 Å². The van der Waals surface area contributed by atoms with E-state index >= 15 is 0 Å². The lowest BCUT2D eigenvalue weighted by Gasteiger charge is -2.03. The minimum absolute atomic E-state index is 0.834. The fraction of sp³-hybridized carbons (Fsp3) is 0.625. The maximum absolute atomic E-state index is 5.45. The van der Waals surface area contributed by atoms with E-state index in [1.807, 2.05) is 44.2 Å². The van der Waals surface area contributed by atoms with E-state index in [4.69, 9.17) is 4.74 Å². The van der Waals surface area contributed by atoms with Gasteiger partial charge >= 0.3 is 0 Å². The SMILES string of the molecule is CC.CCCC.CCCCOc1ccccc1. The van der Waals surface area contributed by atoms with Gasteiger partial charge in [0, 0.05) is 0 Å². The van der Waals surface area contributed by atoms with Crippen molar-refractivity contribution in [1.82, 2.24) is 0 Å². The average Bonchev–Trinajstić information content (AvgIpc) is 2.43. The van der Waals surface area contributed by atoms with Crippen LogP contribution in [0.2, 0.25) is 0 Å². The third-order valence-corrected chi connectivity index (χ3v) is 2.01. The zero-order valence-electron chi connectivity index (χ0n) is 12.3. The van der Waals surface area contributed by atoms with Crippen molar-refractivity contribution < 1.29 is 4.74 Å². The summed E-state index contributed by atoms with van der Waals surface area (Å²) in [6.07, 6.45) is 4.96. The Labute approximate surface area is 108 Å². The standard InChI is InChI=1S/C10H14O.C4H10.C2H6/c1-2-3-9-11-10-7-5-4-6-8-10;1-3-4-2;1-2/h4-8H,2-3,9H2,1H3;3-4H2,1-2H3;1-2H3. The Morgan fingerprint density at radius 3 is 1.76 bits per heavy atom. The molecule has 100 valence electrons. The summed E-state index contributed by atoms with van der Waals surface area (Å²) >= 11 is 0. The Kier molecular flexibility index (Phi) is 18.8. The summed E-state index contributed by atoms with van der Waals surface area (Å²) in [6, 6.07) is 9.93. The largest absolute Gasteiger partial charge is 0.494 e. The van der Waals surface area contributed by atoms with Gasteiger partial charge in [-0.05, 0) is 18.6 Å². The van der Waals surface area contributed by atoms with Crippen LogP contribution in [0.4, 0.5) is 0 Å². The number of unbranched alkanes of at least 4 members (excludes halogenated alkanes) is 2. The monoisotopic (exact) mass is 238 g/mol. The summed E-state index contributed by atoms with van der Waals surface area (Å²) < 4.78 is 5.45. The lowest BCUT2D eigenvalue weighted by atomic mass is 10.3. The van der Waals surface area contributed by atoms with E-state index in [1.165, 1.54) is 19.3 Å². The van der Waals surface area contributed by atoms with E-state index in [0.717, 1.165) is 18.8 Å². The highest BCUT2D eigenvalue weighted by atomic mass is 16.5. The highest BCUT2D eigenvalue weighted by molar-refractivity contribution is 5.20. The number of benzene rings is 1. The lowest BCUT2D eigenvalue weighted by Crippen LogP contribution is -1.95. The van der Waals surface area contributed by atoms with Crippen molar-refractivity contribution in [3.63, 3.8) is 0 Å². The molecule has 1 rings (SSSR count). The number of hydrogen-bond acceptors (Lipinski definition) is 1. The van der Waals surface area contributed by atoms with Gasteiger partial charge in [-0.3, -0.25) is 0 Å². The second kappa shape index (κ2) is 17.4. The first-order chi connectivity index (χ1) is 8.35. The van der Waals surface area contributed by atoms with Crippen molar-refractivity contribution in [3.8, 4) is 5.75 Å². The second-order valence-corrected chi connectivity index (χ2v) is 3.52. The molecule has 0 saturated heterocycles. The van der Waals surface area contributed by atoms with Gasteiger partial charge < -0.3 is 4.74 Å². The maximum atomic E-state index is 5.45. The third kappa shape index (κ3) is 15.0. The van der Waals surface area contributed by atoms with Crippen molar-refractivity contribution in [2.24, 2.45) is 0 Å². The Hall–Kier alpha value is -0.980. The Balaban J connectivity index is 0. The van der Waals surface area contributed by atoms with Crippen molar-refractivity contribution in [2.45, 2.75) is 60.3 Å². The number of rotatable bonds is 5. The summed E-state index contributed by atoms with van der Waals surface area (Å²) in [7, 11) is 0. The van der Waals surface area contributed by atoms with E-state index in [-0.39, 0.29) is 0 Å².